The van der Waals surface area contributed by atoms with Crippen LogP contribution in [0.4, 0.5) is 0 Å². The maximum Gasteiger partial charge on any atom is 0.121 e. The Hall–Kier alpha value is -2.01. The molecule has 0 radical (unpaired) electrons. The number of hydrogen-bond donors (Lipinski definition) is 1. The van der Waals surface area contributed by atoms with E-state index in [0.717, 1.165) is 46.9 Å². The van der Waals surface area contributed by atoms with Crippen LogP contribution < -0.4 is 4.74 Å². The number of halogens is 1. The molecule has 27 heavy (non-hydrogen) atoms. The summed E-state index contributed by atoms with van der Waals surface area (Å²) in [7, 11) is 3.81. The van der Waals surface area contributed by atoms with Crippen LogP contribution in [-0.2, 0) is 19.5 Å². The molecule has 1 aromatic heterocycles. The second-order valence-electron chi connectivity index (χ2n) is 7.43. The number of likely N-dealkylation sites (N-methyl/N-ethyl adjacent to an activating group) is 1. The van der Waals surface area contributed by atoms with Crippen LogP contribution in [0.5, 0.6) is 5.75 Å². The number of benzene rings is 2. The first-order valence-electron chi connectivity index (χ1n) is 9.28. The smallest absolute Gasteiger partial charge is 0.121 e. The molecule has 4 rings (SSSR count). The second kappa shape index (κ2) is 7.19. The van der Waals surface area contributed by atoms with Crippen molar-refractivity contribution in [3.63, 3.8) is 0 Å². The molecule has 1 atom stereocenters. The minimum Gasteiger partial charge on any atom is -0.496 e. The molecule has 1 unspecified atom stereocenters. The van der Waals surface area contributed by atoms with Crippen LogP contribution in [0.15, 0.2) is 36.4 Å². The Morgan fingerprint density at radius 3 is 2.78 bits per heavy atom. The summed E-state index contributed by atoms with van der Waals surface area (Å²) in [5.74, 6) is 0.840. The van der Waals surface area contributed by atoms with Gasteiger partial charge in [-0.2, -0.15) is 0 Å². The Bertz CT molecular complexity index is 996. The second-order valence-corrected chi connectivity index (χ2v) is 7.87. The van der Waals surface area contributed by atoms with Gasteiger partial charge in [0.25, 0.3) is 0 Å². The molecule has 1 aliphatic rings. The normalized spacial score (nSPS) is 15.7. The first-order valence-corrected chi connectivity index (χ1v) is 9.66. The number of methoxy groups -OCH3 is 1. The van der Waals surface area contributed by atoms with E-state index in [-0.39, 0.29) is 0 Å². The van der Waals surface area contributed by atoms with Gasteiger partial charge in [-0.25, -0.2) is 0 Å². The van der Waals surface area contributed by atoms with E-state index >= 15 is 0 Å². The van der Waals surface area contributed by atoms with Crippen molar-refractivity contribution < 1.29 is 9.84 Å². The van der Waals surface area contributed by atoms with Crippen molar-refractivity contribution in [2.75, 3.05) is 20.7 Å². The topological polar surface area (TPSA) is 37.6 Å². The number of ether oxygens (including phenoxy) is 1. The number of aromatic nitrogens is 1. The molecule has 0 spiro atoms. The van der Waals surface area contributed by atoms with Gasteiger partial charge in [0.05, 0.1) is 19.8 Å². The van der Waals surface area contributed by atoms with E-state index in [1.165, 1.54) is 16.6 Å². The molecular formula is C22H25ClN2O2. The van der Waals surface area contributed by atoms with Crippen molar-refractivity contribution in [3.8, 4) is 5.75 Å². The van der Waals surface area contributed by atoms with E-state index in [1.807, 2.05) is 31.2 Å². The number of rotatable bonds is 4. The zero-order valence-electron chi connectivity index (χ0n) is 16.0. The molecule has 0 saturated carbocycles. The van der Waals surface area contributed by atoms with Gasteiger partial charge in [-0.3, -0.25) is 0 Å². The lowest BCUT2D eigenvalue weighted by molar-refractivity contribution is 0.156. The maximum atomic E-state index is 10.9. The molecule has 1 N–H and O–H groups in total. The lowest BCUT2D eigenvalue weighted by atomic mass is 10.0. The fraction of sp³-hybridized carbons (Fsp3) is 0.364. The van der Waals surface area contributed by atoms with Crippen LogP contribution in [-0.4, -0.2) is 35.3 Å². The summed E-state index contributed by atoms with van der Waals surface area (Å²) in [6.07, 6.45) is 0.400. The molecule has 0 fully saturated rings. The average molecular weight is 385 g/mol. The van der Waals surface area contributed by atoms with E-state index in [0.29, 0.717) is 6.54 Å². The quantitative estimate of drug-likeness (QED) is 0.727. The SMILES string of the molecule is COc1ccc(C(O)Cn2c3c(c4cc(Cl)ccc42)CN(C)CC3)cc1C. The lowest BCUT2D eigenvalue weighted by Gasteiger charge is -2.25. The van der Waals surface area contributed by atoms with E-state index in [9.17, 15) is 5.11 Å². The van der Waals surface area contributed by atoms with E-state index in [2.05, 4.69) is 28.6 Å². The highest BCUT2D eigenvalue weighted by Crippen LogP contribution is 2.34. The van der Waals surface area contributed by atoms with Crippen LogP contribution in [0.3, 0.4) is 0 Å². The molecule has 142 valence electrons. The molecule has 2 heterocycles. The Balaban J connectivity index is 1.74. The van der Waals surface area contributed by atoms with Gasteiger partial charge in [0, 0.05) is 41.1 Å². The van der Waals surface area contributed by atoms with Gasteiger partial charge in [-0.15, -0.1) is 0 Å². The van der Waals surface area contributed by atoms with Crippen LogP contribution in [0, 0.1) is 6.92 Å². The van der Waals surface area contributed by atoms with Gasteiger partial charge in [0.2, 0.25) is 0 Å². The van der Waals surface area contributed by atoms with E-state index < -0.39 is 6.10 Å². The number of aryl methyl sites for hydroxylation is 1. The van der Waals surface area contributed by atoms with Gasteiger partial charge in [-0.05, 0) is 61.0 Å². The number of aliphatic hydroxyl groups excluding tert-OH is 1. The molecule has 4 nitrogen and oxygen atoms in total. The van der Waals surface area contributed by atoms with Gasteiger partial charge < -0.3 is 19.3 Å². The minimum absolute atomic E-state index is 0.531. The molecule has 1 aliphatic heterocycles. The summed E-state index contributed by atoms with van der Waals surface area (Å²) in [6, 6.07) is 11.9. The van der Waals surface area contributed by atoms with Gasteiger partial charge in [-0.1, -0.05) is 17.7 Å². The molecule has 5 heteroatoms. The Morgan fingerprint density at radius 2 is 2.04 bits per heavy atom. The zero-order valence-corrected chi connectivity index (χ0v) is 16.8. The third-order valence-electron chi connectivity index (χ3n) is 5.57. The summed E-state index contributed by atoms with van der Waals surface area (Å²) >= 11 is 6.27. The first kappa shape index (κ1) is 18.4. The van der Waals surface area contributed by atoms with Crippen LogP contribution in [0.2, 0.25) is 5.02 Å². The Morgan fingerprint density at radius 1 is 1.22 bits per heavy atom. The summed E-state index contributed by atoms with van der Waals surface area (Å²) in [6.45, 7) is 4.47. The monoisotopic (exact) mass is 384 g/mol. The van der Waals surface area contributed by atoms with Crippen molar-refractivity contribution in [1.82, 2.24) is 9.47 Å². The third-order valence-corrected chi connectivity index (χ3v) is 5.80. The molecule has 0 saturated heterocycles. The molecule has 0 amide bonds. The van der Waals surface area contributed by atoms with Gasteiger partial charge in [0.15, 0.2) is 0 Å². The first-order chi connectivity index (χ1) is 13.0. The Labute approximate surface area is 164 Å². The molecule has 0 bridgehead atoms. The number of hydrogen-bond acceptors (Lipinski definition) is 3. The molecule has 0 aliphatic carbocycles. The van der Waals surface area contributed by atoms with Crippen LogP contribution >= 0.6 is 11.6 Å². The van der Waals surface area contributed by atoms with Gasteiger partial charge >= 0.3 is 0 Å². The standard InChI is InChI=1S/C22H25ClN2O2/c1-14-10-15(4-7-22(14)27-3)21(26)13-25-19-6-5-16(23)11-17(19)18-12-24(2)9-8-20(18)25/h4-7,10-11,21,26H,8-9,12-13H2,1-3H3. The van der Waals surface area contributed by atoms with Crippen molar-refractivity contribution in [1.29, 1.82) is 0 Å². The Kier molecular flexibility index (Phi) is 4.89. The third kappa shape index (κ3) is 3.33. The maximum absolute atomic E-state index is 10.9. The fourth-order valence-corrected chi connectivity index (χ4v) is 4.33. The minimum atomic E-state index is -0.579. The summed E-state index contributed by atoms with van der Waals surface area (Å²) in [4.78, 5) is 2.33. The number of fused-ring (bicyclic) bond motifs is 3. The number of nitrogens with zero attached hydrogens (tertiary/aromatic N) is 2. The lowest BCUT2D eigenvalue weighted by Crippen LogP contribution is -2.27. The van der Waals surface area contributed by atoms with Crippen molar-refractivity contribution in [2.45, 2.75) is 32.5 Å². The predicted octanol–water partition coefficient (Wildman–Crippen LogP) is 4.33. The van der Waals surface area contributed by atoms with Crippen LogP contribution in [0.1, 0.15) is 28.5 Å². The van der Waals surface area contributed by atoms with E-state index in [1.54, 1.807) is 7.11 Å². The number of aliphatic hydroxyl groups is 1. The highest BCUT2D eigenvalue weighted by Gasteiger charge is 2.24. The predicted molar refractivity (Wildman–Crippen MR) is 110 cm³/mol. The fourth-order valence-electron chi connectivity index (χ4n) is 4.15. The zero-order chi connectivity index (χ0) is 19.1. The van der Waals surface area contributed by atoms with E-state index in [4.69, 9.17) is 16.3 Å². The largest absolute Gasteiger partial charge is 0.496 e. The van der Waals surface area contributed by atoms with Gasteiger partial charge in [0.1, 0.15) is 5.75 Å². The van der Waals surface area contributed by atoms with Crippen molar-refractivity contribution >= 4 is 22.5 Å². The average Bonchev–Trinajstić information content (AvgIpc) is 2.94. The highest BCUT2D eigenvalue weighted by molar-refractivity contribution is 6.31. The van der Waals surface area contributed by atoms with Crippen LogP contribution in [0.25, 0.3) is 10.9 Å². The van der Waals surface area contributed by atoms with Crippen molar-refractivity contribution in [3.05, 3.63) is 63.8 Å². The molecule has 3 aromatic rings. The summed E-state index contributed by atoms with van der Waals surface area (Å²) < 4.78 is 7.61. The van der Waals surface area contributed by atoms with Crippen molar-refractivity contribution in [2.24, 2.45) is 0 Å². The molecule has 2 aromatic carbocycles. The summed E-state index contributed by atoms with van der Waals surface area (Å²) in [5, 5.41) is 12.9. The summed E-state index contributed by atoms with van der Waals surface area (Å²) in [5.41, 5.74) is 5.73. The highest BCUT2D eigenvalue weighted by atomic mass is 35.5. The molecular weight excluding hydrogens is 360 g/mol.